The summed E-state index contributed by atoms with van der Waals surface area (Å²) in [5, 5.41) is 13.8. The maximum absolute atomic E-state index is 10.8. The van der Waals surface area contributed by atoms with Gasteiger partial charge in [0.25, 0.3) is 5.69 Å². The van der Waals surface area contributed by atoms with Crippen LogP contribution in [0.15, 0.2) is 46.9 Å². The minimum Gasteiger partial charge on any atom is -0.489 e. The van der Waals surface area contributed by atoms with Crippen LogP contribution in [0, 0.1) is 10.1 Å². The number of nitro groups is 1. The fourth-order valence-electron chi connectivity index (χ4n) is 1.92. The Kier molecular flexibility index (Phi) is 5.30. The van der Waals surface area contributed by atoms with Crippen molar-refractivity contribution >= 4 is 21.6 Å². The molecule has 2 rings (SSSR count). The predicted molar refractivity (Wildman–Crippen MR) is 84.3 cm³/mol. The van der Waals surface area contributed by atoms with Gasteiger partial charge in [-0.15, -0.1) is 0 Å². The van der Waals surface area contributed by atoms with E-state index in [-0.39, 0.29) is 5.69 Å². The second-order valence-electron chi connectivity index (χ2n) is 4.46. The van der Waals surface area contributed by atoms with E-state index in [9.17, 15) is 10.1 Å². The molecule has 6 heteroatoms. The summed E-state index contributed by atoms with van der Waals surface area (Å²) in [6.45, 7) is 0.906. The van der Waals surface area contributed by atoms with Crippen molar-refractivity contribution in [3.05, 3.63) is 68.2 Å². The van der Waals surface area contributed by atoms with Crippen LogP contribution in [-0.4, -0.2) is 12.0 Å². The summed E-state index contributed by atoms with van der Waals surface area (Å²) in [4.78, 5) is 10.4. The Morgan fingerprint density at radius 2 is 2.00 bits per heavy atom. The van der Waals surface area contributed by atoms with Gasteiger partial charge in [-0.1, -0.05) is 34.1 Å². The molecular weight excluding hydrogens is 336 g/mol. The van der Waals surface area contributed by atoms with Crippen LogP contribution < -0.4 is 10.1 Å². The molecule has 0 heterocycles. The van der Waals surface area contributed by atoms with Gasteiger partial charge in [-0.05, 0) is 19.2 Å². The van der Waals surface area contributed by atoms with E-state index in [0.717, 1.165) is 15.6 Å². The van der Waals surface area contributed by atoms with E-state index < -0.39 is 4.92 Å². The molecule has 2 aromatic rings. The molecule has 110 valence electrons. The molecule has 0 bridgehead atoms. The van der Waals surface area contributed by atoms with Crippen LogP contribution >= 0.6 is 15.9 Å². The molecular formula is C15H15BrN2O3. The number of nitro benzene ring substituents is 1. The summed E-state index contributed by atoms with van der Waals surface area (Å²) in [5.41, 5.74) is 1.85. The molecule has 0 aliphatic heterocycles. The maximum Gasteiger partial charge on any atom is 0.270 e. The monoisotopic (exact) mass is 350 g/mol. The largest absolute Gasteiger partial charge is 0.489 e. The number of nitrogens with zero attached hydrogens (tertiary/aromatic N) is 1. The lowest BCUT2D eigenvalue weighted by Gasteiger charge is -2.12. The summed E-state index contributed by atoms with van der Waals surface area (Å²) in [6.07, 6.45) is 0. The normalized spacial score (nSPS) is 10.4. The minimum absolute atomic E-state index is 0.0634. The second kappa shape index (κ2) is 7.19. The van der Waals surface area contributed by atoms with Crippen LogP contribution in [0.4, 0.5) is 5.69 Å². The van der Waals surface area contributed by atoms with Crippen LogP contribution in [0.2, 0.25) is 0 Å². The van der Waals surface area contributed by atoms with Crippen LogP contribution in [0.5, 0.6) is 5.75 Å². The topological polar surface area (TPSA) is 64.4 Å². The number of rotatable bonds is 6. The van der Waals surface area contributed by atoms with Crippen molar-refractivity contribution in [3.63, 3.8) is 0 Å². The number of hydrogen-bond donors (Lipinski definition) is 1. The van der Waals surface area contributed by atoms with Crippen molar-refractivity contribution in [1.82, 2.24) is 5.32 Å². The van der Waals surface area contributed by atoms with E-state index in [1.165, 1.54) is 12.1 Å². The minimum atomic E-state index is -0.406. The Balaban J connectivity index is 2.19. The Bertz CT molecular complexity index is 647. The van der Waals surface area contributed by atoms with Gasteiger partial charge in [0.15, 0.2) is 0 Å². The fourth-order valence-corrected chi connectivity index (χ4v) is 2.32. The van der Waals surface area contributed by atoms with Crippen molar-refractivity contribution in [2.24, 2.45) is 0 Å². The molecule has 0 aromatic heterocycles. The molecule has 0 unspecified atom stereocenters. The van der Waals surface area contributed by atoms with Gasteiger partial charge in [-0.25, -0.2) is 0 Å². The molecule has 0 saturated heterocycles. The second-order valence-corrected chi connectivity index (χ2v) is 5.31. The smallest absolute Gasteiger partial charge is 0.270 e. The van der Waals surface area contributed by atoms with Gasteiger partial charge in [0.1, 0.15) is 12.4 Å². The zero-order chi connectivity index (χ0) is 15.2. The van der Waals surface area contributed by atoms with E-state index in [0.29, 0.717) is 18.9 Å². The molecule has 21 heavy (non-hydrogen) atoms. The number of hydrogen-bond acceptors (Lipinski definition) is 4. The standard InChI is InChI=1S/C15H15BrN2O3/c1-17-9-12-8-13(18(19)20)6-7-15(12)21-10-11-4-2-3-5-14(11)16/h2-8,17H,9-10H2,1H3. The molecule has 0 spiro atoms. The lowest BCUT2D eigenvalue weighted by Crippen LogP contribution is -2.08. The van der Waals surface area contributed by atoms with E-state index in [2.05, 4.69) is 21.2 Å². The van der Waals surface area contributed by atoms with E-state index in [1.54, 1.807) is 13.1 Å². The van der Waals surface area contributed by atoms with Gasteiger partial charge in [0.05, 0.1) is 4.92 Å². The predicted octanol–water partition coefficient (Wildman–Crippen LogP) is 3.66. The summed E-state index contributed by atoms with van der Waals surface area (Å²) in [5.74, 6) is 0.644. The van der Waals surface area contributed by atoms with Crippen molar-refractivity contribution in [1.29, 1.82) is 0 Å². The average molecular weight is 351 g/mol. The number of benzene rings is 2. The highest BCUT2D eigenvalue weighted by atomic mass is 79.9. The molecule has 0 aliphatic carbocycles. The number of non-ortho nitro benzene ring substituents is 1. The van der Waals surface area contributed by atoms with Crippen LogP contribution in [0.25, 0.3) is 0 Å². The van der Waals surface area contributed by atoms with Crippen molar-refractivity contribution in [3.8, 4) is 5.75 Å². The van der Waals surface area contributed by atoms with Gasteiger partial charge in [0.2, 0.25) is 0 Å². The Morgan fingerprint density at radius 1 is 1.24 bits per heavy atom. The third-order valence-electron chi connectivity index (χ3n) is 2.96. The summed E-state index contributed by atoms with van der Waals surface area (Å²) in [6, 6.07) is 12.4. The first-order valence-corrected chi connectivity index (χ1v) is 7.19. The summed E-state index contributed by atoms with van der Waals surface area (Å²) in [7, 11) is 1.79. The third kappa shape index (κ3) is 4.03. The Labute approximate surface area is 131 Å². The maximum atomic E-state index is 10.8. The first-order chi connectivity index (χ1) is 10.1. The highest BCUT2D eigenvalue weighted by Crippen LogP contribution is 2.26. The quantitative estimate of drug-likeness (QED) is 0.637. The van der Waals surface area contributed by atoms with Gasteiger partial charge < -0.3 is 10.1 Å². The molecule has 0 amide bonds. The molecule has 0 fully saturated rings. The number of halogens is 1. The van der Waals surface area contributed by atoms with Crippen molar-refractivity contribution in [2.45, 2.75) is 13.2 Å². The molecule has 1 N–H and O–H groups in total. The number of ether oxygens (including phenoxy) is 1. The van der Waals surface area contributed by atoms with Crippen molar-refractivity contribution in [2.75, 3.05) is 7.05 Å². The Morgan fingerprint density at radius 3 is 2.67 bits per heavy atom. The molecule has 0 aliphatic rings. The van der Waals surface area contributed by atoms with Gasteiger partial charge in [-0.2, -0.15) is 0 Å². The molecule has 5 nitrogen and oxygen atoms in total. The van der Waals surface area contributed by atoms with Crippen LogP contribution in [0.1, 0.15) is 11.1 Å². The lowest BCUT2D eigenvalue weighted by molar-refractivity contribution is -0.384. The zero-order valence-electron chi connectivity index (χ0n) is 11.5. The summed E-state index contributed by atoms with van der Waals surface area (Å²) >= 11 is 3.47. The molecule has 0 atom stereocenters. The molecule has 0 radical (unpaired) electrons. The third-order valence-corrected chi connectivity index (χ3v) is 3.74. The zero-order valence-corrected chi connectivity index (χ0v) is 13.1. The van der Waals surface area contributed by atoms with Crippen LogP contribution in [-0.2, 0) is 13.2 Å². The van der Waals surface area contributed by atoms with E-state index in [4.69, 9.17) is 4.74 Å². The van der Waals surface area contributed by atoms with Gasteiger partial charge in [-0.3, -0.25) is 10.1 Å². The average Bonchev–Trinajstić information content (AvgIpc) is 2.47. The first kappa shape index (κ1) is 15.5. The Hall–Kier alpha value is -1.92. The van der Waals surface area contributed by atoms with Crippen LogP contribution in [0.3, 0.4) is 0 Å². The van der Waals surface area contributed by atoms with E-state index >= 15 is 0 Å². The molecule has 0 saturated carbocycles. The number of nitrogens with one attached hydrogen (secondary N) is 1. The highest BCUT2D eigenvalue weighted by Gasteiger charge is 2.11. The summed E-state index contributed by atoms with van der Waals surface area (Å²) < 4.78 is 6.77. The SMILES string of the molecule is CNCc1cc([N+](=O)[O-])ccc1OCc1ccccc1Br. The van der Waals surface area contributed by atoms with Crippen molar-refractivity contribution < 1.29 is 9.66 Å². The van der Waals surface area contributed by atoms with E-state index in [1.807, 2.05) is 24.3 Å². The highest BCUT2D eigenvalue weighted by molar-refractivity contribution is 9.10. The lowest BCUT2D eigenvalue weighted by atomic mass is 10.1. The fraction of sp³-hybridized carbons (Fsp3) is 0.200. The molecule has 2 aromatic carbocycles. The van der Waals surface area contributed by atoms with Gasteiger partial charge in [0, 0.05) is 34.3 Å². The van der Waals surface area contributed by atoms with Gasteiger partial charge >= 0.3 is 0 Å². The first-order valence-electron chi connectivity index (χ1n) is 6.40.